The largest absolute Gasteiger partial charge is 0.508 e. The van der Waals surface area contributed by atoms with Crippen LogP contribution in [0.5, 0.6) is 5.75 Å². The van der Waals surface area contributed by atoms with Gasteiger partial charge in [-0.3, -0.25) is 9.79 Å². The number of aromatic hydroxyl groups is 1. The van der Waals surface area contributed by atoms with E-state index in [9.17, 15) is 9.90 Å². The zero-order valence-corrected chi connectivity index (χ0v) is 10.7. The number of phenols is 1. The second kappa shape index (κ2) is 5.97. The van der Waals surface area contributed by atoms with Gasteiger partial charge in [0.15, 0.2) is 0 Å². The zero-order chi connectivity index (χ0) is 12.1. The summed E-state index contributed by atoms with van der Waals surface area (Å²) in [5.41, 5.74) is 0.608. The maximum absolute atomic E-state index is 11.6. The van der Waals surface area contributed by atoms with Gasteiger partial charge in [0, 0.05) is 17.5 Å². The van der Waals surface area contributed by atoms with Crippen molar-refractivity contribution >= 4 is 39.5 Å². The Morgan fingerprint density at radius 1 is 1.59 bits per heavy atom. The van der Waals surface area contributed by atoms with Crippen LogP contribution in [-0.4, -0.2) is 33.4 Å². The van der Waals surface area contributed by atoms with Gasteiger partial charge in [-0.1, -0.05) is 29.6 Å². The SMILES string of the molecule is O=C(CSC1=NCCS1)Nc1cccc(O)c1. The van der Waals surface area contributed by atoms with E-state index >= 15 is 0 Å². The van der Waals surface area contributed by atoms with Crippen molar-refractivity contribution in [2.24, 2.45) is 4.99 Å². The molecular formula is C11H12N2O2S2. The van der Waals surface area contributed by atoms with Gasteiger partial charge in [0.2, 0.25) is 5.91 Å². The number of carbonyl (C=O) groups excluding carboxylic acids is 1. The molecule has 0 spiro atoms. The lowest BCUT2D eigenvalue weighted by Crippen LogP contribution is -2.14. The van der Waals surface area contributed by atoms with Crippen LogP contribution in [0.3, 0.4) is 0 Å². The molecule has 1 aromatic rings. The van der Waals surface area contributed by atoms with Crippen LogP contribution < -0.4 is 5.32 Å². The first-order chi connectivity index (χ1) is 8.24. The predicted molar refractivity (Wildman–Crippen MR) is 74.0 cm³/mol. The molecule has 1 heterocycles. The summed E-state index contributed by atoms with van der Waals surface area (Å²) in [4.78, 5) is 15.9. The summed E-state index contributed by atoms with van der Waals surface area (Å²) in [7, 11) is 0. The topological polar surface area (TPSA) is 61.7 Å². The standard InChI is InChI=1S/C11H12N2O2S2/c14-9-3-1-2-8(6-9)13-10(15)7-17-11-12-4-5-16-11/h1-3,6,14H,4-5,7H2,(H,13,15). The molecule has 1 amide bonds. The lowest BCUT2D eigenvalue weighted by Gasteiger charge is -2.04. The minimum atomic E-state index is -0.0872. The minimum Gasteiger partial charge on any atom is -0.508 e. The molecule has 1 aliphatic rings. The highest BCUT2D eigenvalue weighted by Gasteiger charge is 2.10. The Labute approximate surface area is 108 Å². The number of anilines is 1. The molecule has 0 fully saturated rings. The number of thioether (sulfide) groups is 2. The molecule has 17 heavy (non-hydrogen) atoms. The van der Waals surface area contributed by atoms with E-state index in [0.717, 1.165) is 16.7 Å². The van der Waals surface area contributed by atoms with Gasteiger partial charge in [-0.05, 0) is 12.1 Å². The Bertz CT molecular complexity index is 449. The summed E-state index contributed by atoms with van der Waals surface area (Å²) in [6, 6.07) is 6.51. The predicted octanol–water partition coefficient (Wildman–Crippen LogP) is 2.17. The minimum absolute atomic E-state index is 0.0872. The van der Waals surface area contributed by atoms with Crippen LogP contribution in [0.2, 0.25) is 0 Å². The van der Waals surface area contributed by atoms with Gasteiger partial charge < -0.3 is 10.4 Å². The first-order valence-electron chi connectivity index (χ1n) is 5.13. The van der Waals surface area contributed by atoms with Gasteiger partial charge in [-0.25, -0.2) is 0 Å². The molecule has 1 aliphatic heterocycles. The van der Waals surface area contributed by atoms with E-state index in [2.05, 4.69) is 10.3 Å². The maximum Gasteiger partial charge on any atom is 0.234 e. The number of phenolic OH excluding ortho intramolecular Hbond substituents is 1. The third-order valence-corrected chi connectivity index (χ3v) is 4.27. The number of nitrogens with zero attached hydrogens (tertiary/aromatic N) is 1. The lowest BCUT2D eigenvalue weighted by atomic mass is 10.3. The fourth-order valence-corrected chi connectivity index (χ4v) is 3.12. The first kappa shape index (κ1) is 12.3. The Hall–Kier alpha value is -1.14. The van der Waals surface area contributed by atoms with E-state index in [4.69, 9.17) is 0 Å². The maximum atomic E-state index is 11.6. The highest BCUT2D eigenvalue weighted by atomic mass is 32.2. The van der Waals surface area contributed by atoms with Crippen LogP contribution >= 0.6 is 23.5 Å². The van der Waals surface area contributed by atoms with E-state index in [1.54, 1.807) is 30.0 Å². The molecule has 6 heteroatoms. The van der Waals surface area contributed by atoms with Crippen molar-refractivity contribution in [1.29, 1.82) is 0 Å². The number of amides is 1. The van der Waals surface area contributed by atoms with E-state index in [1.165, 1.54) is 17.8 Å². The highest BCUT2D eigenvalue weighted by molar-refractivity contribution is 8.39. The third kappa shape index (κ3) is 3.98. The van der Waals surface area contributed by atoms with Crippen LogP contribution in [0.1, 0.15) is 0 Å². The number of carbonyl (C=O) groups is 1. The number of nitrogens with one attached hydrogen (secondary N) is 1. The van der Waals surface area contributed by atoms with Gasteiger partial charge in [0.05, 0.1) is 12.3 Å². The molecule has 0 atom stereocenters. The lowest BCUT2D eigenvalue weighted by molar-refractivity contribution is -0.113. The summed E-state index contributed by atoms with van der Waals surface area (Å²) in [5, 5.41) is 12.0. The molecule has 4 nitrogen and oxygen atoms in total. The average Bonchev–Trinajstić information content (AvgIpc) is 2.79. The van der Waals surface area contributed by atoms with Crippen LogP contribution in [0.4, 0.5) is 5.69 Å². The van der Waals surface area contributed by atoms with Crippen molar-refractivity contribution in [3.8, 4) is 5.75 Å². The highest BCUT2D eigenvalue weighted by Crippen LogP contribution is 2.22. The summed E-state index contributed by atoms with van der Waals surface area (Å²) in [6.07, 6.45) is 0. The van der Waals surface area contributed by atoms with Crippen LogP contribution in [0.15, 0.2) is 29.3 Å². The second-order valence-corrected chi connectivity index (χ2v) is 5.69. The van der Waals surface area contributed by atoms with Crippen molar-refractivity contribution in [3.63, 3.8) is 0 Å². The molecule has 0 saturated carbocycles. The van der Waals surface area contributed by atoms with Gasteiger partial charge in [0.1, 0.15) is 10.1 Å². The monoisotopic (exact) mass is 268 g/mol. The van der Waals surface area contributed by atoms with Crippen LogP contribution in [0, 0.1) is 0 Å². The van der Waals surface area contributed by atoms with Crippen LogP contribution in [-0.2, 0) is 4.79 Å². The van der Waals surface area contributed by atoms with E-state index in [0.29, 0.717) is 11.4 Å². The van der Waals surface area contributed by atoms with Crippen molar-refractivity contribution < 1.29 is 9.90 Å². The number of hydrogen-bond acceptors (Lipinski definition) is 5. The molecule has 0 saturated heterocycles. The second-order valence-electron chi connectivity index (χ2n) is 3.38. The Balaban J connectivity index is 1.80. The first-order valence-corrected chi connectivity index (χ1v) is 7.10. The average molecular weight is 268 g/mol. The Kier molecular flexibility index (Phi) is 4.33. The van der Waals surface area contributed by atoms with Crippen molar-refractivity contribution in [3.05, 3.63) is 24.3 Å². The molecule has 90 valence electrons. The molecule has 0 radical (unpaired) electrons. The molecule has 0 aliphatic carbocycles. The van der Waals surface area contributed by atoms with E-state index in [1.807, 2.05) is 0 Å². The quantitative estimate of drug-likeness (QED) is 0.882. The summed E-state index contributed by atoms with van der Waals surface area (Å²) < 4.78 is 0.982. The summed E-state index contributed by atoms with van der Waals surface area (Å²) >= 11 is 3.14. The molecule has 1 aromatic carbocycles. The zero-order valence-electron chi connectivity index (χ0n) is 9.05. The molecule has 0 bridgehead atoms. The normalized spacial score (nSPS) is 14.5. The van der Waals surface area contributed by atoms with Gasteiger partial charge in [0.25, 0.3) is 0 Å². The number of hydrogen-bond donors (Lipinski definition) is 2. The molecule has 2 rings (SSSR count). The fraction of sp³-hybridized carbons (Fsp3) is 0.273. The van der Waals surface area contributed by atoms with E-state index in [-0.39, 0.29) is 11.7 Å². The van der Waals surface area contributed by atoms with Crippen molar-refractivity contribution in [1.82, 2.24) is 0 Å². The number of benzene rings is 1. The Morgan fingerprint density at radius 3 is 3.18 bits per heavy atom. The van der Waals surface area contributed by atoms with Gasteiger partial charge in [-0.15, -0.1) is 0 Å². The molecule has 2 N–H and O–H groups in total. The summed E-state index contributed by atoms with van der Waals surface area (Å²) in [5.74, 6) is 1.42. The van der Waals surface area contributed by atoms with Crippen LogP contribution in [0.25, 0.3) is 0 Å². The van der Waals surface area contributed by atoms with E-state index < -0.39 is 0 Å². The van der Waals surface area contributed by atoms with Crippen molar-refractivity contribution in [2.45, 2.75) is 0 Å². The third-order valence-electron chi connectivity index (χ3n) is 2.01. The van der Waals surface area contributed by atoms with Gasteiger partial charge in [-0.2, -0.15) is 0 Å². The summed E-state index contributed by atoms with van der Waals surface area (Å²) in [6.45, 7) is 0.848. The Morgan fingerprint density at radius 2 is 2.47 bits per heavy atom. The van der Waals surface area contributed by atoms with Crippen molar-refractivity contribution in [2.75, 3.05) is 23.4 Å². The number of rotatable bonds is 3. The number of aliphatic imine (C=N–C) groups is 1. The molecule has 0 unspecified atom stereocenters. The smallest absolute Gasteiger partial charge is 0.234 e. The molecule has 0 aromatic heterocycles. The van der Waals surface area contributed by atoms with Gasteiger partial charge >= 0.3 is 0 Å². The molecular weight excluding hydrogens is 256 g/mol. The fourth-order valence-electron chi connectivity index (χ4n) is 1.31.